The van der Waals surface area contributed by atoms with E-state index in [-0.39, 0.29) is 90.8 Å². The SMILES string of the molecule is CO[C@H]1C[C@@H]2CC[C@@H](C)[C@@](O)(O2)C(=O)C(=O)N2CCCC[C@H]2C(=O)O[C@H]([C@@H](C)C[C@@H]2CC[C@@H](O)[C@H](OC)C2)CC(=O)[C@H](C)/C=C(\C)[C@@H](O)[C@@H](OC)C(=O)[C@H](C)C[C@H](C)/C=C/C=CC=C1C.Nc1nc2c(c(=O)[nH]1)N(C=O)[C@H](CNc1ccc(C(=O)N[C@H](CCC(=O)O)C(=O)O)cc1)CN2. The lowest BCUT2D eigenvalue weighted by Crippen LogP contribution is -2.61. The van der Waals surface area contributed by atoms with E-state index in [1.807, 2.05) is 58.1 Å². The van der Waals surface area contributed by atoms with Gasteiger partial charge in [0.05, 0.1) is 30.5 Å². The van der Waals surface area contributed by atoms with E-state index in [4.69, 9.17) is 34.5 Å². The van der Waals surface area contributed by atoms with Crippen molar-refractivity contribution in [3.63, 3.8) is 0 Å². The molecule has 3 fully saturated rings. The van der Waals surface area contributed by atoms with Crippen LogP contribution in [0.4, 0.5) is 23.1 Å². The Hall–Kier alpha value is -7.99. The Bertz CT molecular complexity index is 3340. The number of hydrogen-bond donors (Lipinski definition) is 10. The van der Waals surface area contributed by atoms with Crippen molar-refractivity contribution in [3.05, 3.63) is 87.8 Å². The normalized spacial score (nSPS) is 31.0. The molecule has 0 radical (unpaired) electrons. The predicted molar refractivity (Wildman–Crippen MR) is 366 cm³/mol. The van der Waals surface area contributed by atoms with Crippen LogP contribution in [0.3, 0.4) is 0 Å². The number of nitrogens with two attached hydrogens (primary N) is 1. The number of H-pyrrole nitrogens is 1. The molecule has 4 aliphatic heterocycles. The molecule has 11 N–H and O–H groups in total. The number of hydrogen-bond acceptors (Lipinski definition) is 22. The third-order valence-electron chi connectivity index (χ3n) is 19.6. The van der Waals surface area contributed by atoms with E-state index < -0.39 is 126 Å². The average molecular weight is 1390 g/mol. The average Bonchev–Trinajstić information content (AvgIpc) is 0.785. The summed E-state index contributed by atoms with van der Waals surface area (Å²) in [5.74, 6) is -11.0. The maximum Gasteiger partial charge on any atom is 0.329 e. The van der Waals surface area contributed by atoms with Gasteiger partial charge in [-0.3, -0.25) is 43.3 Å². The first-order valence-electron chi connectivity index (χ1n) is 34.1. The Morgan fingerprint density at radius 1 is 0.889 bits per heavy atom. The first kappa shape index (κ1) is 80.0. The number of benzene rings is 1. The number of allylic oxidation sites excluding steroid dienone is 6. The summed E-state index contributed by atoms with van der Waals surface area (Å²) in [4.78, 5) is 138. The molecule has 2 aromatic rings. The molecule has 17 atom stereocenters. The van der Waals surface area contributed by atoms with Crippen LogP contribution in [0.1, 0.15) is 149 Å². The van der Waals surface area contributed by atoms with Crippen LogP contribution < -0.4 is 32.1 Å². The molecule has 2 saturated heterocycles. The molecule has 546 valence electrons. The number of carbonyl (C=O) groups is 9. The molecule has 28 heteroatoms. The molecular weight excluding hydrogens is 1280 g/mol. The van der Waals surface area contributed by atoms with E-state index in [9.17, 15) is 68.4 Å². The number of aliphatic hydroxyl groups excluding tert-OH is 2. The molecule has 5 aliphatic rings. The number of aromatic amines is 1. The van der Waals surface area contributed by atoms with Gasteiger partial charge in [0, 0.05) is 89.2 Å². The highest BCUT2D eigenvalue weighted by Gasteiger charge is 2.53. The molecular formula is C71H102N8O20. The number of carboxylic acid groups (broad SMARTS) is 2. The van der Waals surface area contributed by atoms with Crippen LogP contribution in [0.2, 0.25) is 0 Å². The minimum Gasteiger partial charge on any atom is -0.481 e. The first-order valence-corrected chi connectivity index (χ1v) is 34.1. The van der Waals surface area contributed by atoms with E-state index in [0.717, 1.165) is 12.0 Å². The van der Waals surface area contributed by atoms with Crippen molar-refractivity contribution in [2.45, 2.75) is 205 Å². The summed E-state index contributed by atoms with van der Waals surface area (Å²) in [6.07, 6.45) is 11.1. The third kappa shape index (κ3) is 21.8. The lowest BCUT2D eigenvalue weighted by molar-refractivity contribution is -0.265. The Kier molecular flexibility index (Phi) is 30.3. The number of cyclic esters (lactones) is 1. The van der Waals surface area contributed by atoms with Crippen molar-refractivity contribution in [2.24, 2.45) is 35.5 Å². The van der Waals surface area contributed by atoms with Crippen molar-refractivity contribution in [2.75, 3.05) is 62.2 Å². The summed E-state index contributed by atoms with van der Waals surface area (Å²) < 4.78 is 29.4. The summed E-state index contributed by atoms with van der Waals surface area (Å²) in [5, 5.41) is 60.1. The lowest BCUT2D eigenvalue weighted by atomic mass is 9.78. The molecule has 5 heterocycles. The van der Waals surface area contributed by atoms with Gasteiger partial charge in [-0.15, -0.1) is 0 Å². The Morgan fingerprint density at radius 3 is 2.26 bits per heavy atom. The monoisotopic (exact) mass is 1390 g/mol. The molecule has 1 aromatic carbocycles. The molecule has 3 amide bonds. The first-order chi connectivity index (χ1) is 46.9. The second kappa shape index (κ2) is 37.4. The highest BCUT2D eigenvalue weighted by atomic mass is 16.6. The number of carboxylic acids is 2. The number of ether oxygens (including phenoxy) is 5. The van der Waals surface area contributed by atoms with Crippen LogP contribution in [0, 0.1) is 35.5 Å². The summed E-state index contributed by atoms with van der Waals surface area (Å²) in [6, 6.07) is 3.22. The summed E-state index contributed by atoms with van der Waals surface area (Å²) in [6.45, 7) is 13.3. The van der Waals surface area contributed by atoms with E-state index in [2.05, 4.69) is 25.9 Å². The fourth-order valence-electron chi connectivity index (χ4n) is 13.5. The fourth-order valence-corrected chi connectivity index (χ4v) is 13.5. The number of carbonyl (C=O) groups excluding carboxylic acids is 7. The number of aliphatic carboxylic acids is 2. The zero-order valence-corrected chi connectivity index (χ0v) is 58.4. The third-order valence-corrected chi connectivity index (χ3v) is 19.6. The molecule has 7 rings (SSSR count). The summed E-state index contributed by atoms with van der Waals surface area (Å²) in [7, 11) is 4.52. The quantitative estimate of drug-likeness (QED) is 0.0432. The van der Waals surface area contributed by atoms with Crippen LogP contribution in [-0.4, -0.2) is 201 Å². The minimum absolute atomic E-state index is 0.0193. The highest BCUT2D eigenvalue weighted by molar-refractivity contribution is 6.39. The molecule has 99 heavy (non-hydrogen) atoms. The number of aromatic nitrogens is 2. The minimum atomic E-state index is -2.43. The molecule has 0 unspecified atom stereocenters. The number of methoxy groups -OCH3 is 3. The Morgan fingerprint density at radius 2 is 1.61 bits per heavy atom. The molecule has 2 bridgehead atoms. The number of nitrogens with zero attached hydrogens (tertiary/aromatic N) is 3. The smallest absolute Gasteiger partial charge is 0.329 e. The number of rotatable bonds is 16. The van der Waals surface area contributed by atoms with Gasteiger partial charge in [0.1, 0.15) is 36.2 Å². The van der Waals surface area contributed by atoms with E-state index in [0.29, 0.717) is 82.0 Å². The molecule has 1 aromatic heterocycles. The zero-order chi connectivity index (χ0) is 73.0. The maximum atomic E-state index is 14.4. The molecule has 1 aliphatic carbocycles. The largest absolute Gasteiger partial charge is 0.481 e. The molecule has 1 saturated carbocycles. The standard InChI is InChI=1S/C51H79NO13.C20H23N7O7/c1-30-16-12-11-13-17-31(2)42(61-8)28-38-21-19-36(7)51(60,65-38)48(57)49(58)52-23-15-14-18-39(52)50(59)64-43(33(4)26-37-20-22-40(53)44(27-37)62-9)29-41(54)32(3)25-35(6)46(56)47(63-10)45(55)34(5)24-30;21-20-25-16-15(18(32)26-20)27(9-28)12(8-23-16)7-22-11-3-1-10(2-4-11)17(31)24-13(19(33)34)5-6-14(29)30/h11-13,16-17,25,30,32-34,36-40,42-44,46-47,53,56,60H,14-15,18-24,26-29H2,1-10H3;1-4,9,12-13,22H,5-8H2,(H,24,31)(H,29,30)(H,33,34)(H4,21,23,25,26,32)/b13-11?,16-12+,31-17?,35-25+;/t30-,32-,33+,34-,36-,37+,38+,39+,40-,42+,43+,44-,46-,47+,51-;12-,13-/m11/s1. The number of nitrogens with one attached hydrogen (secondary N) is 4. The van der Waals surface area contributed by atoms with Gasteiger partial charge in [-0.25, -0.2) is 9.59 Å². The number of nitrogen functional groups attached to an aromatic ring is 1. The predicted octanol–water partition coefficient (Wildman–Crippen LogP) is 5.45. The Balaban J connectivity index is 0.000000379. The Labute approximate surface area is 577 Å². The number of amides is 3. The van der Waals surface area contributed by atoms with Crippen LogP contribution >= 0.6 is 0 Å². The van der Waals surface area contributed by atoms with E-state index in [1.54, 1.807) is 53.2 Å². The summed E-state index contributed by atoms with van der Waals surface area (Å²) >= 11 is 0. The zero-order valence-electron chi connectivity index (χ0n) is 58.4. The number of aliphatic hydroxyl groups is 3. The van der Waals surface area contributed by atoms with Crippen molar-refractivity contribution in [1.29, 1.82) is 0 Å². The van der Waals surface area contributed by atoms with Crippen molar-refractivity contribution < 1.29 is 92.4 Å². The van der Waals surface area contributed by atoms with Crippen LogP contribution in [0.15, 0.2) is 76.7 Å². The number of esters is 1. The lowest BCUT2D eigenvalue weighted by Gasteiger charge is -2.42. The maximum absolute atomic E-state index is 14.4. The molecule has 0 spiro atoms. The van der Waals surface area contributed by atoms with Crippen molar-refractivity contribution in [1.82, 2.24) is 20.2 Å². The topological polar surface area (TPSA) is 415 Å². The van der Waals surface area contributed by atoms with Crippen molar-refractivity contribution in [3.8, 4) is 0 Å². The van der Waals surface area contributed by atoms with Gasteiger partial charge in [0.25, 0.3) is 23.2 Å². The summed E-state index contributed by atoms with van der Waals surface area (Å²) in [5.41, 5.74) is 7.10. The van der Waals surface area contributed by atoms with Gasteiger partial charge in [-0.2, -0.15) is 4.98 Å². The molecule has 28 nitrogen and oxygen atoms in total. The van der Waals surface area contributed by atoms with Crippen molar-refractivity contribution >= 4 is 76.6 Å². The number of ketones is 3. The van der Waals surface area contributed by atoms with Gasteiger partial charge >= 0.3 is 17.9 Å². The number of Topliss-reactive ketones (excluding diaryl/α,β-unsaturated/α-hetero) is 3. The number of fused-ring (bicyclic) bond motifs is 4. The highest BCUT2D eigenvalue weighted by Crippen LogP contribution is 2.38. The van der Waals surface area contributed by atoms with E-state index >= 15 is 0 Å². The number of anilines is 4. The van der Waals surface area contributed by atoms with Gasteiger partial charge in [-0.1, -0.05) is 71.1 Å². The van der Waals surface area contributed by atoms with Crippen LogP contribution in [-0.2, 0) is 62.0 Å². The van der Waals surface area contributed by atoms with Gasteiger partial charge in [0.15, 0.2) is 17.3 Å². The second-order valence-corrected chi connectivity index (χ2v) is 27.0. The van der Waals surface area contributed by atoms with Gasteiger partial charge in [-0.05, 0) is 138 Å². The van der Waals surface area contributed by atoms with Crippen LogP contribution in [0.25, 0.3) is 0 Å². The fraction of sp³-hybridized carbons (Fsp3) is 0.620. The second-order valence-electron chi connectivity index (χ2n) is 27.0. The van der Waals surface area contributed by atoms with Crippen LogP contribution in [0.5, 0.6) is 0 Å². The van der Waals surface area contributed by atoms with Gasteiger partial charge < -0.3 is 80.7 Å². The van der Waals surface area contributed by atoms with Gasteiger partial charge in [0.2, 0.25) is 18.1 Å². The number of piperidine rings is 1. The van der Waals surface area contributed by atoms with E-state index in [1.165, 1.54) is 29.0 Å².